The van der Waals surface area contributed by atoms with E-state index in [1.165, 1.54) is 6.42 Å². The predicted molar refractivity (Wildman–Crippen MR) is 65.1 cm³/mol. The molecule has 0 aromatic rings. The first kappa shape index (κ1) is 12.1. The number of amides is 2. The Morgan fingerprint density at radius 2 is 1.71 bits per heavy atom. The number of nitrogens with zero attached hydrogens (tertiary/aromatic N) is 1. The van der Waals surface area contributed by atoms with Crippen LogP contribution in [0.5, 0.6) is 0 Å². The van der Waals surface area contributed by atoms with Crippen LogP contribution in [0.3, 0.4) is 0 Å². The summed E-state index contributed by atoms with van der Waals surface area (Å²) in [5.41, 5.74) is 1.69. The summed E-state index contributed by atoms with van der Waals surface area (Å²) in [4.78, 5) is 24.8. The molecule has 17 heavy (non-hydrogen) atoms. The summed E-state index contributed by atoms with van der Waals surface area (Å²) in [6, 6.07) is 0. The molecule has 2 amide bonds. The van der Waals surface area contributed by atoms with Gasteiger partial charge in [0.25, 0.3) is 5.91 Å². The molecule has 1 N–H and O–H groups in total. The van der Waals surface area contributed by atoms with Crippen molar-refractivity contribution >= 4 is 12.3 Å². The number of hydrogen-bond acceptors (Lipinski definition) is 2. The first-order valence-corrected chi connectivity index (χ1v) is 6.54. The summed E-state index contributed by atoms with van der Waals surface area (Å²) in [6.07, 6.45) is 8.16. The van der Waals surface area contributed by atoms with E-state index in [9.17, 15) is 9.59 Å². The number of nitrogens with one attached hydrogen (secondary N) is 1. The topological polar surface area (TPSA) is 49.4 Å². The van der Waals surface area contributed by atoms with E-state index >= 15 is 0 Å². The molecule has 0 radical (unpaired) electrons. The van der Waals surface area contributed by atoms with Crippen LogP contribution in [0.25, 0.3) is 0 Å². The normalized spacial score (nSPS) is 20.2. The molecule has 0 bridgehead atoms. The quantitative estimate of drug-likeness (QED) is 0.597. The molecule has 0 unspecified atom stereocenters. The minimum absolute atomic E-state index is 0.0219. The van der Waals surface area contributed by atoms with Crippen LogP contribution < -0.4 is 5.32 Å². The molecule has 4 heteroatoms. The molecule has 2 fully saturated rings. The van der Waals surface area contributed by atoms with Gasteiger partial charge in [-0.25, -0.2) is 0 Å². The standard InChI is InChI=1S/C13H20N2O2/c16-10-14-12(11-6-2-3-7-11)13(17)15-8-4-1-5-9-15/h10H,1-9H2,(H,14,16). The summed E-state index contributed by atoms with van der Waals surface area (Å²) in [6.45, 7) is 1.66. The van der Waals surface area contributed by atoms with Gasteiger partial charge in [-0.2, -0.15) is 0 Å². The highest BCUT2D eigenvalue weighted by Crippen LogP contribution is 2.27. The molecule has 1 saturated carbocycles. The lowest BCUT2D eigenvalue weighted by molar-refractivity contribution is -0.129. The van der Waals surface area contributed by atoms with Gasteiger partial charge >= 0.3 is 0 Å². The minimum Gasteiger partial charge on any atom is -0.337 e. The van der Waals surface area contributed by atoms with Crippen LogP contribution in [0, 0.1) is 0 Å². The van der Waals surface area contributed by atoms with Crippen molar-refractivity contribution in [1.82, 2.24) is 10.2 Å². The van der Waals surface area contributed by atoms with Gasteiger partial charge in [0.2, 0.25) is 6.41 Å². The highest BCUT2D eigenvalue weighted by atomic mass is 16.2. The van der Waals surface area contributed by atoms with Crippen LogP contribution in [0.2, 0.25) is 0 Å². The summed E-state index contributed by atoms with van der Waals surface area (Å²) in [5, 5.41) is 2.63. The van der Waals surface area contributed by atoms with Crippen molar-refractivity contribution in [3.63, 3.8) is 0 Å². The zero-order valence-corrected chi connectivity index (χ0v) is 10.2. The Balaban J connectivity index is 2.11. The Bertz CT molecular complexity index is 322. The molecule has 0 spiro atoms. The third-order valence-electron chi connectivity index (χ3n) is 3.62. The molecule has 1 saturated heterocycles. The van der Waals surface area contributed by atoms with Crippen LogP contribution in [0.4, 0.5) is 0 Å². The van der Waals surface area contributed by atoms with E-state index in [0.717, 1.165) is 57.2 Å². The van der Waals surface area contributed by atoms with Crippen LogP contribution >= 0.6 is 0 Å². The maximum Gasteiger partial charge on any atom is 0.270 e. The van der Waals surface area contributed by atoms with E-state index in [1.54, 1.807) is 0 Å². The highest BCUT2D eigenvalue weighted by molar-refractivity contribution is 5.95. The second-order valence-corrected chi connectivity index (χ2v) is 4.80. The van der Waals surface area contributed by atoms with Crippen molar-refractivity contribution in [3.05, 3.63) is 11.3 Å². The third-order valence-corrected chi connectivity index (χ3v) is 3.62. The van der Waals surface area contributed by atoms with Gasteiger partial charge in [-0.1, -0.05) is 0 Å². The van der Waals surface area contributed by atoms with Gasteiger partial charge < -0.3 is 10.2 Å². The van der Waals surface area contributed by atoms with Crippen molar-refractivity contribution in [1.29, 1.82) is 0 Å². The summed E-state index contributed by atoms with van der Waals surface area (Å²) in [7, 11) is 0. The van der Waals surface area contributed by atoms with E-state index < -0.39 is 0 Å². The fraction of sp³-hybridized carbons (Fsp3) is 0.692. The number of likely N-dealkylation sites (tertiary alicyclic amines) is 1. The Kier molecular flexibility index (Phi) is 4.18. The molecule has 1 aliphatic carbocycles. The Labute approximate surface area is 102 Å². The molecule has 0 aromatic heterocycles. The molecule has 1 aliphatic heterocycles. The van der Waals surface area contributed by atoms with Crippen molar-refractivity contribution in [3.8, 4) is 0 Å². The SMILES string of the molecule is O=CNC(C(=O)N1CCCCC1)=C1CCCC1. The van der Waals surface area contributed by atoms with Crippen molar-refractivity contribution in [2.75, 3.05) is 13.1 Å². The zero-order valence-electron chi connectivity index (χ0n) is 10.2. The fourth-order valence-electron chi connectivity index (χ4n) is 2.68. The maximum atomic E-state index is 12.3. The largest absolute Gasteiger partial charge is 0.337 e. The molecular formula is C13H20N2O2. The average molecular weight is 236 g/mol. The molecule has 2 aliphatic rings. The van der Waals surface area contributed by atoms with Crippen molar-refractivity contribution in [2.24, 2.45) is 0 Å². The van der Waals surface area contributed by atoms with Gasteiger partial charge in [0.05, 0.1) is 0 Å². The Morgan fingerprint density at radius 1 is 1.06 bits per heavy atom. The van der Waals surface area contributed by atoms with E-state index in [4.69, 9.17) is 0 Å². The number of allylic oxidation sites excluding steroid dienone is 1. The number of carbonyl (C=O) groups is 2. The lowest BCUT2D eigenvalue weighted by Gasteiger charge is -2.28. The molecule has 2 rings (SSSR count). The predicted octanol–water partition coefficient (Wildman–Crippen LogP) is 1.57. The van der Waals surface area contributed by atoms with E-state index in [2.05, 4.69) is 5.32 Å². The number of carbonyl (C=O) groups excluding carboxylic acids is 2. The second kappa shape index (κ2) is 5.84. The monoisotopic (exact) mass is 236 g/mol. The van der Waals surface area contributed by atoms with Crippen molar-refractivity contribution < 1.29 is 9.59 Å². The molecular weight excluding hydrogens is 216 g/mol. The molecule has 94 valence electrons. The minimum atomic E-state index is 0.0219. The van der Waals surface area contributed by atoms with E-state index in [1.807, 2.05) is 4.90 Å². The van der Waals surface area contributed by atoms with E-state index in [-0.39, 0.29) is 5.91 Å². The summed E-state index contributed by atoms with van der Waals surface area (Å²) >= 11 is 0. The van der Waals surface area contributed by atoms with E-state index in [0.29, 0.717) is 12.1 Å². The van der Waals surface area contributed by atoms with Gasteiger partial charge in [-0.05, 0) is 50.5 Å². The van der Waals surface area contributed by atoms with Gasteiger partial charge in [-0.3, -0.25) is 9.59 Å². The Morgan fingerprint density at radius 3 is 2.29 bits per heavy atom. The lowest BCUT2D eigenvalue weighted by atomic mass is 10.1. The average Bonchev–Trinajstić information content (AvgIpc) is 2.90. The lowest BCUT2D eigenvalue weighted by Crippen LogP contribution is -2.40. The zero-order chi connectivity index (χ0) is 12.1. The summed E-state index contributed by atoms with van der Waals surface area (Å²) in [5.74, 6) is 0.0219. The highest BCUT2D eigenvalue weighted by Gasteiger charge is 2.24. The molecule has 0 atom stereocenters. The Hall–Kier alpha value is -1.32. The van der Waals surface area contributed by atoms with Crippen LogP contribution in [-0.4, -0.2) is 30.3 Å². The smallest absolute Gasteiger partial charge is 0.270 e. The van der Waals surface area contributed by atoms with Crippen LogP contribution in [0.15, 0.2) is 11.3 Å². The number of hydrogen-bond donors (Lipinski definition) is 1. The van der Waals surface area contributed by atoms with Crippen LogP contribution in [0.1, 0.15) is 44.9 Å². The van der Waals surface area contributed by atoms with Gasteiger partial charge in [0.15, 0.2) is 0 Å². The van der Waals surface area contributed by atoms with Crippen molar-refractivity contribution in [2.45, 2.75) is 44.9 Å². The second-order valence-electron chi connectivity index (χ2n) is 4.80. The maximum absolute atomic E-state index is 12.3. The first-order chi connectivity index (χ1) is 8.33. The van der Waals surface area contributed by atoms with Gasteiger partial charge in [-0.15, -0.1) is 0 Å². The van der Waals surface area contributed by atoms with Gasteiger partial charge in [0.1, 0.15) is 5.70 Å². The molecule has 1 heterocycles. The first-order valence-electron chi connectivity index (χ1n) is 6.54. The molecule has 0 aromatic carbocycles. The van der Waals surface area contributed by atoms with Crippen LogP contribution in [-0.2, 0) is 9.59 Å². The summed E-state index contributed by atoms with van der Waals surface area (Å²) < 4.78 is 0. The van der Waals surface area contributed by atoms with Gasteiger partial charge in [0, 0.05) is 13.1 Å². The molecule has 4 nitrogen and oxygen atoms in total. The number of rotatable bonds is 3. The third kappa shape index (κ3) is 2.87. The number of piperidine rings is 1. The fourth-order valence-corrected chi connectivity index (χ4v) is 2.68.